The van der Waals surface area contributed by atoms with E-state index in [1.54, 1.807) is 19.9 Å². The second kappa shape index (κ2) is 5.82. The van der Waals surface area contributed by atoms with E-state index in [9.17, 15) is 14.3 Å². The van der Waals surface area contributed by atoms with Crippen molar-refractivity contribution >= 4 is 11.7 Å². The molecule has 0 aliphatic rings. The van der Waals surface area contributed by atoms with Crippen molar-refractivity contribution < 1.29 is 14.3 Å². The highest BCUT2D eigenvalue weighted by Crippen LogP contribution is 2.16. The van der Waals surface area contributed by atoms with Gasteiger partial charge in [-0.2, -0.15) is 0 Å². The molecule has 1 unspecified atom stereocenters. The van der Waals surface area contributed by atoms with Gasteiger partial charge in [-0.3, -0.25) is 0 Å². The lowest BCUT2D eigenvalue weighted by Gasteiger charge is -2.27. The number of benzene rings is 1. The largest absolute Gasteiger partial charge is 0.394 e. The molecule has 1 aromatic carbocycles. The Labute approximate surface area is 106 Å². The minimum absolute atomic E-state index is 0.154. The van der Waals surface area contributed by atoms with E-state index in [1.165, 1.54) is 12.1 Å². The highest BCUT2D eigenvalue weighted by Gasteiger charge is 2.23. The number of rotatable bonds is 4. The molecule has 4 nitrogen and oxygen atoms in total. The number of nitrogens with one attached hydrogen (secondary N) is 2. The molecule has 0 spiro atoms. The van der Waals surface area contributed by atoms with Crippen molar-refractivity contribution in [2.75, 3.05) is 11.9 Å². The van der Waals surface area contributed by atoms with E-state index in [4.69, 9.17) is 0 Å². The molecule has 100 valence electrons. The Kier molecular flexibility index (Phi) is 4.67. The fourth-order valence-electron chi connectivity index (χ4n) is 1.40. The summed E-state index contributed by atoms with van der Waals surface area (Å²) in [5.41, 5.74) is 0.517. The molecular weight excluding hydrogens is 235 g/mol. The molecule has 2 amide bonds. The first kappa shape index (κ1) is 14.4. The molecule has 0 bridgehead atoms. The van der Waals surface area contributed by atoms with Crippen molar-refractivity contribution in [1.82, 2.24) is 5.32 Å². The monoisotopic (exact) mass is 254 g/mol. The number of aliphatic hydroxyl groups excluding tert-OH is 1. The van der Waals surface area contributed by atoms with Crippen LogP contribution in [0, 0.1) is 12.7 Å². The summed E-state index contributed by atoms with van der Waals surface area (Å²) < 4.78 is 13.1. The fraction of sp³-hybridized carbons (Fsp3) is 0.462. The Bertz CT molecular complexity index is 431. The van der Waals surface area contributed by atoms with Crippen LogP contribution in [0.25, 0.3) is 0 Å². The van der Waals surface area contributed by atoms with Crippen molar-refractivity contribution in [2.24, 2.45) is 0 Å². The third-order valence-electron chi connectivity index (χ3n) is 2.99. The minimum atomic E-state index is -0.675. The van der Waals surface area contributed by atoms with E-state index in [1.807, 2.05) is 6.92 Å². The zero-order chi connectivity index (χ0) is 13.8. The van der Waals surface area contributed by atoms with Gasteiger partial charge in [0.15, 0.2) is 0 Å². The summed E-state index contributed by atoms with van der Waals surface area (Å²) in [6, 6.07) is 3.73. The third-order valence-corrected chi connectivity index (χ3v) is 2.99. The summed E-state index contributed by atoms with van der Waals surface area (Å²) >= 11 is 0. The zero-order valence-corrected chi connectivity index (χ0v) is 10.9. The molecule has 1 atom stereocenters. The number of aliphatic hydroxyl groups is 1. The number of amides is 2. The summed E-state index contributed by atoms with van der Waals surface area (Å²) in [5.74, 6) is -0.406. The van der Waals surface area contributed by atoms with Gasteiger partial charge < -0.3 is 15.7 Å². The first-order valence-corrected chi connectivity index (χ1v) is 5.86. The molecule has 5 heteroatoms. The normalized spacial score (nSPS) is 13.8. The molecule has 0 radical (unpaired) electrons. The number of halogens is 1. The summed E-state index contributed by atoms with van der Waals surface area (Å²) in [6.07, 6.45) is 0.596. The molecule has 1 rings (SSSR count). The van der Waals surface area contributed by atoms with E-state index in [0.717, 1.165) is 5.56 Å². The summed E-state index contributed by atoms with van der Waals surface area (Å²) in [4.78, 5) is 11.8. The molecule has 0 saturated carbocycles. The topological polar surface area (TPSA) is 61.4 Å². The lowest BCUT2D eigenvalue weighted by atomic mass is 10.0. The van der Waals surface area contributed by atoms with E-state index < -0.39 is 17.4 Å². The molecule has 3 N–H and O–H groups in total. The van der Waals surface area contributed by atoms with E-state index in [-0.39, 0.29) is 6.61 Å². The highest BCUT2D eigenvalue weighted by atomic mass is 19.1. The highest BCUT2D eigenvalue weighted by molar-refractivity contribution is 5.90. The van der Waals surface area contributed by atoms with Crippen LogP contribution in [0.15, 0.2) is 18.2 Å². The van der Waals surface area contributed by atoms with Crippen molar-refractivity contribution in [3.05, 3.63) is 29.6 Å². The predicted octanol–water partition coefficient (Wildman–Crippen LogP) is 2.42. The van der Waals surface area contributed by atoms with Gasteiger partial charge in [-0.05, 0) is 38.0 Å². The van der Waals surface area contributed by atoms with E-state index >= 15 is 0 Å². The van der Waals surface area contributed by atoms with Gasteiger partial charge in [-0.25, -0.2) is 9.18 Å². The number of aryl methyl sites for hydroxylation is 1. The number of carbonyl (C=O) groups excluding carboxylic acids is 1. The number of carbonyl (C=O) groups is 1. The summed E-state index contributed by atoms with van der Waals surface area (Å²) in [7, 11) is 0. The second-order valence-corrected chi connectivity index (χ2v) is 4.61. The summed E-state index contributed by atoms with van der Waals surface area (Å²) in [5, 5.41) is 14.4. The van der Waals surface area contributed by atoms with Gasteiger partial charge in [0, 0.05) is 5.69 Å². The average molecular weight is 254 g/mol. The first-order valence-electron chi connectivity index (χ1n) is 5.86. The van der Waals surface area contributed by atoms with Crippen molar-refractivity contribution in [1.29, 1.82) is 0 Å². The van der Waals surface area contributed by atoms with Gasteiger partial charge >= 0.3 is 6.03 Å². The third kappa shape index (κ3) is 3.70. The number of urea groups is 1. The lowest BCUT2D eigenvalue weighted by molar-refractivity contribution is 0.172. The van der Waals surface area contributed by atoms with Crippen LogP contribution in [0.4, 0.5) is 14.9 Å². The Morgan fingerprint density at radius 3 is 2.72 bits per heavy atom. The lowest BCUT2D eigenvalue weighted by Crippen LogP contribution is -2.50. The summed E-state index contributed by atoms with van der Waals surface area (Å²) in [6.45, 7) is 5.23. The molecule has 0 heterocycles. The van der Waals surface area contributed by atoms with Crippen LogP contribution in [0.5, 0.6) is 0 Å². The van der Waals surface area contributed by atoms with E-state index in [0.29, 0.717) is 12.1 Å². The molecule has 1 aromatic rings. The van der Waals surface area contributed by atoms with Crippen molar-refractivity contribution in [3.8, 4) is 0 Å². The fourth-order valence-corrected chi connectivity index (χ4v) is 1.40. The van der Waals surface area contributed by atoms with Gasteiger partial charge in [0.1, 0.15) is 5.82 Å². The van der Waals surface area contributed by atoms with Crippen LogP contribution in [0.1, 0.15) is 25.8 Å². The maximum absolute atomic E-state index is 13.1. The first-order chi connectivity index (χ1) is 8.40. The zero-order valence-electron chi connectivity index (χ0n) is 10.9. The minimum Gasteiger partial charge on any atom is -0.394 e. The standard InChI is InChI=1S/C13H19FN2O2/c1-4-13(3,8-17)16-12(18)15-11-7-10(14)6-5-9(11)2/h5-7,17H,4,8H2,1-3H3,(H2,15,16,18). The molecule has 0 saturated heterocycles. The van der Waals surface area contributed by atoms with Crippen LogP contribution in [-0.4, -0.2) is 23.3 Å². The Morgan fingerprint density at radius 2 is 2.17 bits per heavy atom. The van der Waals surface area contributed by atoms with Crippen LogP contribution in [-0.2, 0) is 0 Å². The molecule has 0 aliphatic carbocycles. The average Bonchev–Trinajstić information content (AvgIpc) is 2.33. The van der Waals surface area contributed by atoms with Gasteiger partial charge in [-0.15, -0.1) is 0 Å². The van der Waals surface area contributed by atoms with Gasteiger partial charge in [0.05, 0.1) is 12.1 Å². The maximum Gasteiger partial charge on any atom is 0.319 e. The van der Waals surface area contributed by atoms with Crippen LogP contribution < -0.4 is 10.6 Å². The molecular formula is C13H19FN2O2. The Balaban J connectivity index is 2.73. The van der Waals surface area contributed by atoms with Gasteiger partial charge in [-0.1, -0.05) is 13.0 Å². The second-order valence-electron chi connectivity index (χ2n) is 4.61. The van der Waals surface area contributed by atoms with Crippen LogP contribution in [0.3, 0.4) is 0 Å². The SMILES string of the molecule is CCC(C)(CO)NC(=O)Nc1cc(F)ccc1C. The molecule has 0 fully saturated rings. The molecule has 0 aliphatic heterocycles. The quantitative estimate of drug-likeness (QED) is 0.772. The maximum atomic E-state index is 13.1. The smallest absolute Gasteiger partial charge is 0.319 e. The molecule has 18 heavy (non-hydrogen) atoms. The molecule has 0 aromatic heterocycles. The Morgan fingerprint density at radius 1 is 1.50 bits per heavy atom. The van der Waals surface area contributed by atoms with Crippen LogP contribution >= 0.6 is 0 Å². The predicted molar refractivity (Wildman–Crippen MR) is 69.1 cm³/mol. The van der Waals surface area contributed by atoms with Crippen molar-refractivity contribution in [2.45, 2.75) is 32.7 Å². The van der Waals surface area contributed by atoms with Gasteiger partial charge in [0.2, 0.25) is 0 Å². The Hall–Kier alpha value is -1.62. The van der Waals surface area contributed by atoms with E-state index in [2.05, 4.69) is 10.6 Å². The number of hydrogen-bond donors (Lipinski definition) is 3. The van der Waals surface area contributed by atoms with Gasteiger partial charge in [0.25, 0.3) is 0 Å². The van der Waals surface area contributed by atoms with Crippen molar-refractivity contribution in [3.63, 3.8) is 0 Å². The number of anilines is 1. The van der Waals surface area contributed by atoms with Crippen LogP contribution in [0.2, 0.25) is 0 Å². The number of hydrogen-bond acceptors (Lipinski definition) is 2.